The molecule has 0 aliphatic rings. The summed E-state index contributed by atoms with van der Waals surface area (Å²) in [6, 6.07) is 10.7. The predicted octanol–water partition coefficient (Wildman–Crippen LogP) is 3.79. The molecule has 0 spiro atoms. The molecule has 0 aliphatic heterocycles. The van der Waals surface area contributed by atoms with Gasteiger partial charge in [0.15, 0.2) is 0 Å². The molecule has 0 atom stereocenters. The molecule has 0 aliphatic carbocycles. The van der Waals surface area contributed by atoms with E-state index in [0.717, 1.165) is 11.1 Å². The number of rotatable bonds is 2. The first kappa shape index (κ1) is 13.4. The Balaban J connectivity index is 2.23. The summed E-state index contributed by atoms with van der Waals surface area (Å²) >= 11 is 5.92. The summed E-state index contributed by atoms with van der Waals surface area (Å²) in [5.74, 6) is -0.154. The van der Waals surface area contributed by atoms with E-state index < -0.39 is 0 Å². The molecule has 4 heteroatoms. The van der Waals surface area contributed by atoms with E-state index in [1.165, 1.54) is 0 Å². The summed E-state index contributed by atoms with van der Waals surface area (Å²) in [7, 11) is 0. The maximum atomic E-state index is 12.2. The number of carbonyl (C=O) groups is 1. The Bertz CT molecular complexity index is 638. The lowest BCUT2D eigenvalue weighted by Gasteiger charge is -2.09. The highest BCUT2D eigenvalue weighted by Crippen LogP contribution is 2.23. The summed E-state index contributed by atoms with van der Waals surface area (Å²) in [6.45, 7) is 3.91. The van der Waals surface area contributed by atoms with Crippen molar-refractivity contribution in [2.45, 2.75) is 13.8 Å². The molecular weight excluding hydrogens is 260 g/mol. The molecule has 0 radical (unpaired) electrons. The second kappa shape index (κ2) is 5.33. The van der Waals surface area contributed by atoms with Crippen molar-refractivity contribution < 1.29 is 4.79 Å². The minimum Gasteiger partial charge on any atom is -0.398 e. The molecule has 0 bridgehead atoms. The molecule has 3 N–H and O–H groups in total. The zero-order valence-electron chi connectivity index (χ0n) is 10.8. The number of benzene rings is 2. The second-order valence-electron chi connectivity index (χ2n) is 4.51. The molecule has 2 aromatic rings. The lowest BCUT2D eigenvalue weighted by molar-refractivity contribution is 0.102. The van der Waals surface area contributed by atoms with Crippen LogP contribution in [0.4, 0.5) is 11.4 Å². The standard InChI is InChI=1S/C15H15ClN2O/c1-9-3-5-12(10(2)7-9)15(19)18-11-4-6-14(17)13(16)8-11/h3-8H,17H2,1-2H3,(H,18,19). The Labute approximate surface area is 117 Å². The highest BCUT2D eigenvalue weighted by Gasteiger charge is 2.09. The minimum atomic E-state index is -0.154. The van der Waals surface area contributed by atoms with Gasteiger partial charge in [0.05, 0.1) is 10.7 Å². The molecule has 0 saturated carbocycles. The first-order chi connectivity index (χ1) is 8.97. The molecule has 1 amide bonds. The molecule has 2 rings (SSSR count). The van der Waals surface area contributed by atoms with Crippen LogP contribution in [0.25, 0.3) is 0 Å². The van der Waals surface area contributed by atoms with Gasteiger partial charge in [-0.15, -0.1) is 0 Å². The van der Waals surface area contributed by atoms with Crippen LogP contribution >= 0.6 is 11.6 Å². The first-order valence-electron chi connectivity index (χ1n) is 5.91. The Morgan fingerprint density at radius 1 is 1.16 bits per heavy atom. The summed E-state index contributed by atoms with van der Waals surface area (Å²) in [5.41, 5.74) is 9.47. The fourth-order valence-corrected chi connectivity index (χ4v) is 2.05. The maximum absolute atomic E-state index is 12.2. The smallest absolute Gasteiger partial charge is 0.255 e. The molecule has 0 saturated heterocycles. The van der Waals surface area contributed by atoms with Crippen LogP contribution in [0.2, 0.25) is 5.02 Å². The van der Waals surface area contributed by atoms with E-state index >= 15 is 0 Å². The van der Waals surface area contributed by atoms with Crippen LogP contribution in [0, 0.1) is 13.8 Å². The molecular formula is C15H15ClN2O. The second-order valence-corrected chi connectivity index (χ2v) is 4.92. The Morgan fingerprint density at radius 3 is 2.53 bits per heavy atom. The summed E-state index contributed by atoms with van der Waals surface area (Å²) in [6.07, 6.45) is 0. The van der Waals surface area contributed by atoms with E-state index in [2.05, 4.69) is 5.32 Å². The van der Waals surface area contributed by atoms with Crippen molar-refractivity contribution in [2.24, 2.45) is 0 Å². The average molecular weight is 275 g/mol. The van der Waals surface area contributed by atoms with Gasteiger partial charge in [-0.2, -0.15) is 0 Å². The number of carbonyl (C=O) groups excluding carboxylic acids is 1. The van der Waals surface area contributed by atoms with E-state index in [0.29, 0.717) is 22.0 Å². The average Bonchev–Trinajstić information content (AvgIpc) is 2.33. The third-order valence-electron chi connectivity index (χ3n) is 2.88. The van der Waals surface area contributed by atoms with Crippen LogP contribution in [0.5, 0.6) is 0 Å². The van der Waals surface area contributed by atoms with E-state index in [1.54, 1.807) is 18.2 Å². The Kier molecular flexibility index (Phi) is 3.76. The minimum absolute atomic E-state index is 0.154. The van der Waals surface area contributed by atoms with Crippen LogP contribution in [0.15, 0.2) is 36.4 Å². The number of hydrogen-bond donors (Lipinski definition) is 2. The molecule has 3 nitrogen and oxygen atoms in total. The number of anilines is 2. The SMILES string of the molecule is Cc1ccc(C(=O)Nc2ccc(N)c(Cl)c2)c(C)c1. The van der Waals surface area contributed by atoms with Gasteiger partial charge in [0, 0.05) is 11.3 Å². The number of halogens is 1. The van der Waals surface area contributed by atoms with Crippen molar-refractivity contribution in [2.75, 3.05) is 11.1 Å². The number of hydrogen-bond acceptors (Lipinski definition) is 2. The zero-order valence-corrected chi connectivity index (χ0v) is 11.6. The molecule has 98 valence electrons. The molecule has 0 heterocycles. The largest absolute Gasteiger partial charge is 0.398 e. The first-order valence-corrected chi connectivity index (χ1v) is 6.29. The highest BCUT2D eigenvalue weighted by atomic mass is 35.5. The van der Waals surface area contributed by atoms with E-state index in [1.807, 2.05) is 32.0 Å². The lowest BCUT2D eigenvalue weighted by Crippen LogP contribution is -2.13. The maximum Gasteiger partial charge on any atom is 0.255 e. The third-order valence-corrected chi connectivity index (χ3v) is 3.21. The Morgan fingerprint density at radius 2 is 1.89 bits per heavy atom. The fourth-order valence-electron chi connectivity index (χ4n) is 1.87. The van der Waals surface area contributed by atoms with Gasteiger partial charge in [0.25, 0.3) is 5.91 Å². The highest BCUT2D eigenvalue weighted by molar-refractivity contribution is 6.33. The van der Waals surface area contributed by atoms with Crippen LogP contribution in [-0.2, 0) is 0 Å². The topological polar surface area (TPSA) is 55.1 Å². The quantitative estimate of drug-likeness (QED) is 0.819. The monoisotopic (exact) mass is 274 g/mol. The summed E-state index contributed by atoms with van der Waals surface area (Å²) in [4.78, 5) is 12.2. The van der Waals surface area contributed by atoms with Crippen LogP contribution in [0.1, 0.15) is 21.5 Å². The van der Waals surface area contributed by atoms with Gasteiger partial charge in [-0.25, -0.2) is 0 Å². The van der Waals surface area contributed by atoms with Crippen molar-refractivity contribution in [3.8, 4) is 0 Å². The number of nitrogens with one attached hydrogen (secondary N) is 1. The number of nitrogen functional groups attached to an aromatic ring is 1. The summed E-state index contributed by atoms with van der Waals surface area (Å²) < 4.78 is 0. The number of aryl methyl sites for hydroxylation is 2. The van der Waals surface area contributed by atoms with Crippen LogP contribution in [0.3, 0.4) is 0 Å². The predicted molar refractivity (Wildman–Crippen MR) is 79.7 cm³/mol. The molecule has 2 aromatic carbocycles. The van der Waals surface area contributed by atoms with Crippen LogP contribution < -0.4 is 11.1 Å². The van der Waals surface area contributed by atoms with Gasteiger partial charge < -0.3 is 11.1 Å². The van der Waals surface area contributed by atoms with E-state index in [-0.39, 0.29) is 5.91 Å². The zero-order chi connectivity index (χ0) is 14.0. The molecule has 0 aromatic heterocycles. The van der Waals surface area contributed by atoms with Gasteiger partial charge in [-0.1, -0.05) is 29.3 Å². The van der Waals surface area contributed by atoms with Gasteiger partial charge in [0.1, 0.15) is 0 Å². The fraction of sp³-hybridized carbons (Fsp3) is 0.133. The van der Waals surface area contributed by atoms with E-state index in [4.69, 9.17) is 17.3 Å². The van der Waals surface area contributed by atoms with Gasteiger partial charge in [-0.05, 0) is 43.7 Å². The van der Waals surface area contributed by atoms with Crippen molar-refractivity contribution in [1.29, 1.82) is 0 Å². The molecule has 0 unspecified atom stereocenters. The van der Waals surface area contributed by atoms with Crippen molar-refractivity contribution in [3.63, 3.8) is 0 Å². The van der Waals surface area contributed by atoms with Crippen molar-refractivity contribution in [1.82, 2.24) is 0 Å². The number of nitrogens with two attached hydrogens (primary N) is 1. The number of amides is 1. The normalized spacial score (nSPS) is 10.3. The lowest BCUT2D eigenvalue weighted by atomic mass is 10.1. The van der Waals surface area contributed by atoms with Gasteiger partial charge >= 0.3 is 0 Å². The van der Waals surface area contributed by atoms with E-state index in [9.17, 15) is 4.79 Å². The van der Waals surface area contributed by atoms with Crippen LogP contribution in [-0.4, -0.2) is 5.91 Å². The molecule has 19 heavy (non-hydrogen) atoms. The van der Waals surface area contributed by atoms with Gasteiger partial charge in [-0.3, -0.25) is 4.79 Å². The summed E-state index contributed by atoms with van der Waals surface area (Å²) in [5, 5.41) is 3.24. The van der Waals surface area contributed by atoms with Gasteiger partial charge in [0.2, 0.25) is 0 Å². The molecule has 0 fully saturated rings. The van der Waals surface area contributed by atoms with Crippen molar-refractivity contribution in [3.05, 3.63) is 58.1 Å². The van der Waals surface area contributed by atoms with Crippen molar-refractivity contribution >= 4 is 28.9 Å². The Hall–Kier alpha value is -2.00. The third kappa shape index (κ3) is 3.06.